The van der Waals surface area contributed by atoms with Gasteiger partial charge in [0, 0.05) is 31.8 Å². The van der Waals surface area contributed by atoms with Gasteiger partial charge in [0.1, 0.15) is 7.05 Å². The number of nitrogens with zero attached hydrogens (tertiary/aromatic N) is 2. The number of fused-ring (bicyclic) bond motifs is 3. The van der Waals surface area contributed by atoms with Gasteiger partial charge in [-0.05, 0) is 64.7 Å². The maximum Gasteiger partial charge on any atom is 0.227 e. The number of hydrogen-bond acceptors (Lipinski definition) is 2. The molecule has 0 aliphatic carbocycles. The van der Waals surface area contributed by atoms with Gasteiger partial charge >= 0.3 is 0 Å². The van der Waals surface area contributed by atoms with Crippen molar-refractivity contribution in [1.29, 1.82) is 0 Å². The predicted molar refractivity (Wildman–Crippen MR) is 180 cm³/mol. The van der Waals surface area contributed by atoms with E-state index in [9.17, 15) is 0 Å². The second-order valence-corrected chi connectivity index (χ2v) is 18.5. The van der Waals surface area contributed by atoms with Crippen LogP contribution in [0.4, 0.5) is 0 Å². The van der Waals surface area contributed by atoms with Gasteiger partial charge in [-0.1, -0.05) is 101 Å². The number of furan rings is 1. The van der Waals surface area contributed by atoms with Crippen molar-refractivity contribution in [1.82, 2.24) is 4.98 Å². The lowest BCUT2D eigenvalue weighted by Gasteiger charge is -2.27. The third kappa shape index (κ3) is 4.88. The molecule has 0 aliphatic rings. The number of pyridine rings is 2. The van der Waals surface area contributed by atoms with Gasteiger partial charge in [0.2, 0.25) is 11.4 Å². The molecule has 42 heavy (non-hydrogen) atoms. The zero-order chi connectivity index (χ0) is 32.5. The summed E-state index contributed by atoms with van der Waals surface area (Å²) in [4.78, 5) is 4.42. The monoisotopic (exact) mass is 572 g/mol. The Morgan fingerprint density at radius 1 is 0.833 bits per heavy atom. The maximum absolute atomic E-state index is 7.85. The minimum Gasteiger partial charge on any atom is -0.437 e. The van der Waals surface area contributed by atoms with Gasteiger partial charge in [-0.2, -0.15) is 0 Å². The van der Waals surface area contributed by atoms with Crippen LogP contribution in [0.5, 0.6) is 0 Å². The molecule has 0 amide bonds. The van der Waals surface area contributed by atoms with E-state index in [2.05, 4.69) is 131 Å². The van der Waals surface area contributed by atoms with Crippen molar-refractivity contribution in [3.8, 4) is 33.5 Å². The molecule has 0 saturated heterocycles. The summed E-state index contributed by atoms with van der Waals surface area (Å²) in [7, 11) is 0.308. The summed E-state index contributed by atoms with van der Waals surface area (Å²) in [5.74, 6) is 0. The minimum atomic E-state index is -2.30. The Labute approximate surface area is 255 Å². The molecule has 212 valence electrons. The normalized spacial score (nSPS) is 13.8. The molecular formula is C38H41N2OSi+. The van der Waals surface area contributed by atoms with E-state index in [0.717, 1.165) is 33.2 Å². The molecular weight excluding hydrogens is 529 g/mol. The van der Waals surface area contributed by atoms with Gasteiger partial charge in [0.05, 0.1) is 13.6 Å². The van der Waals surface area contributed by atoms with E-state index in [4.69, 9.17) is 8.53 Å². The predicted octanol–water partition coefficient (Wildman–Crippen LogP) is 9.27. The second kappa shape index (κ2) is 10.1. The molecule has 0 radical (unpaired) electrons. The van der Waals surface area contributed by atoms with Crippen LogP contribution in [-0.2, 0) is 12.5 Å². The third-order valence-electron chi connectivity index (χ3n) is 8.28. The Kier molecular flexibility index (Phi) is 5.88. The molecule has 3 aromatic carbocycles. The van der Waals surface area contributed by atoms with E-state index < -0.39 is 14.9 Å². The van der Waals surface area contributed by atoms with Crippen LogP contribution < -0.4 is 9.75 Å². The lowest BCUT2D eigenvalue weighted by molar-refractivity contribution is -0.659. The average Bonchev–Trinajstić information content (AvgIpc) is 3.34. The van der Waals surface area contributed by atoms with Crippen molar-refractivity contribution in [2.75, 3.05) is 0 Å². The van der Waals surface area contributed by atoms with Gasteiger partial charge in [-0.3, -0.25) is 0 Å². The number of aryl methyl sites for hydroxylation is 3. The molecule has 0 spiro atoms. The van der Waals surface area contributed by atoms with Gasteiger partial charge in [0.25, 0.3) is 0 Å². The van der Waals surface area contributed by atoms with Crippen LogP contribution in [0.1, 0.15) is 41.7 Å². The van der Waals surface area contributed by atoms with Gasteiger partial charge < -0.3 is 4.42 Å². The zero-order valence-electron chi connectivity index (χ0n) is 28.9. The summed E-state index contributed by atoms with van der Waals surface area (Å²) >= 11 is 0. The van der Waals surface area contributed by atoms with Crippen molar-refractivity contribution in [3.63, 3.8) is 0 Å². The van der Waals surface area contributed by atoms with Crippen LogP contribution in [0.3, 0.4) is 0 Å². The highest BCUT2D eigenvalue weighted by Crippen LogP contribution is 2.40. The Hall–Kier alpha value is -4.02. The topological polar surface area (TPSA) is 29.9 Å². The van der Waals surface area contributed by atoms with E-state index in [1.54, 1.807) is 6.07 Å². The van der Waals surface area contributed by atoms with Crippen LogP contribution in [0.15, 0.2) is 89.5 Å². The smallest absolute Gasteiger partial charge is 0.227 e. The van der Waals surface area contributed by atoms with E-state index in [-0.39, 0.29) is 11.1 Å². The van der Waals surface area contributed by atoms with Crippen LogP contribution in [-0.4, -0.2) is 13.1 Å². The standard InChI is InChI=1S/C38H41N2OSi/c1-24-15-18-29-30-19-16-25(2)39-37(30)41-36(29)35(24)33-22-31(34(23-40(33)6)42(7,8)9)28-20-17-27(21-32(28)38(3,4)5)26-13-11-10-12-14-26/h10-23H,1-9H3/q+1/i2D3. The summed E-state index contributed by atoms with van der Waals surface area (Å²) in [6, 6.07) is 27.4. The van der Waals surface area contributed by atoms with Crippen molar-refractivity contribution in [2.24, 2.45) is 7.05 Å². The first-order valence-electron chi connectivity index (χ1n) is 16.1. The van der Waals surface area contributed by atoms with Crippen LogP contribution in [0, 0.1) is 13.8 Å². The highest BCUT2D eigenvalue weighted by atomic mass is 28.3. The van der Waals surface area contributed by atoms with Gasteiger partial charge in [-0.25, -0.2) is 9.55 Å². The molecule has 0 fully saturated rings. The van der Waals surface area contributed by atoms with Gasteiger partial charge in [-0.15, -0.1) is 0 Å². The minimum absolute atomic E-state index is 0.0355. The summed E-state index contributed by atoms with van der Waals surface area (Å²) in [6.45, 7) is 13.9. The summed E-state index contributed by atoms with van der Waals surface area (Å²) in [5, 5.41) is 3.13. The van der Waals surface area contributed by atoms with Crippen LogP contribution >= 0.6 is 0 Å². The Balaban J connectivity index is 1.64. The van der Waals surface area contributed by atoms with Gasteiger partial charge in [0.15, 0.2) is 11.8 Å². The molecule has 0 saturated carbocycles. The molecule has 6 rings (SSSR count). The maximum atomic E-state index is 7.85. The summed E-state index contributed by atoms with van der Waals surface area (Å²) < 4.78 is 32.2. The molecule has 4 heteroatoms. The van der Waals surface area contributed by atoms with Crippen molar-refractivity contribution in [2.45, 2.75) is 59.6 Å². The molecule has 0 bridgehead atoms. The first-order valence-corrected chi connectivity index (χ1v) is 18.1. The highest BCUT2D eigenvalue weighted by molar-refractivity contribution is 6.89. The largest absolute Gasteiger partial charge is 0.437 e. The lowest BCUT2D eigenvalue weighted by atomic mass is 9.80. The van der Waals surface area contributed by atoms with Crippen molar-refractivity contribution < 1.29 is 13.1 Å². The number of benzene rings is 3. The molecule has 3 nitrogen and oxygen atoms in total. The third-order valence-corrected chi connectivity index (χ3v) is 10.3. The Morgan fingerprint density at radius 3 is 2.26 bits per heavy atom. The van der Waals surface area contributed by atoms with E-state index in [1.807, 2.05) is 12.1 Å². The molecule has 3 heterocycles. The average molecular weight is 573 g/mol. The fourth-order valence-electron chi connectivity index (χ4n) is 6.07. The number of rotatable bonds is 4. The molecule has 0 unspecified atom stereocenters. The second-order valence-electron chi connectivity index (χ2n) is 13.5. The van der Waals surface area contributed by atoms with E-state index >= 15 is 0 Å². The van der Waals surface area contributed by atoms with Crippen LogP contribution in [0.25, 0.3) is 55.6 Å². The zero-order valence-corrected chi connectivity index (χ0v) is 26.9. The van der Waals surface area contributed by atoms with Crippen LogP contribution in [0.2, 0.25) is 19.6 Å². The Morgan fingerprint density at radius 2 is 1.57 bits per heavy atom. The van der Waals surface area contributed by atoms with Crippen molar-refractivity contribution >= 4 is 35.3 Å². The molecule has 0 N–H and O–H groups in total. The molecule has 0 aliphatic heterocycles. The first kappa shape index (κ1) is 24.6. The number of hydrogen-bond donors (Lipinski definition) is 0. The van der Waals surface area contributed by atoms with Crippen molar-refractivity contribution in [3.05, 3.63) is 102 Å². The first-order chi connectivity index (χ1) is 21.0. The van der Waals surface area contributed by atoms with E-state index in [0.29, 0.717) is 5.71 Å². The summed E-state index contributed by atoms with van der Waals surface area (Å²) in [6.07, 6.45) is 2.32. The fourth-order valence-corrected chi connectivity index (χ4v) is 7.66. The highest BCUT2D eigenvalue weighted by Gasteiger charge is 2.31. The molecule has 0 atom stereocenters. The lowest BCUT2D eigenvalue weighted by Crippen LogP contribution is -2.46. The summed E-state index contributed by atoms with van der Waals surface area (Å²) in [5.41, 5.74) is 10.4. The van der Waals surface area contributed by atoms with E-state index in [1.165, 1.54) is 33.0 Å². The molecule has 3 aromatic heterocycles. The fraction of sp³-hybridized carbons (Fsp3) is 0.263. The SMILES string of the molecule is [2H]C([2H])([2H])c1ccc2c(n1)oc1c(-c3cc(-c4ccc(-c5ccccc5)cc4C(C)(C)C)c([Si](C)(C)C)c[n+]3C)c(C)ccc12. The number of aromatic nitrogens is 2. The molecule has 6 aromatic rings. The quantitative estimate of drug-likeness (QED) is 0.156. The Bertz CT molecular complexity index is 2080.